The van der Waals surface area contributed by atoms with Crippen LogP contribution in [0.25, 0.3) is 0 Å². The fourth-order valence-corrected chi connectivity index (χ4v) is 3.60. The van der Waals surface area contributed by atoms with Gasteiger partial charge in [-0.25, -0.2) is 0 Å². The number of carbonyl (C=O) groups is 1. The molecule has 3 heteroatoms. The van der Waals surface area contributed by atoms with Crippen LogP contribution in [0.4, 0.5) is 0 Å². The Balaban J connectivity index is 1.92. The lowest BCUT2D eigenvalue weighted by Crippen LogP contribution is -2.46. The molecular weight excluding hydrogens is 224 g/mol. The quantitative estimate of drug-likeness (QED) is 0.815. The Morgan fingerprint density at radius 1 is 1.17 bits per heavy atom. The second kappa shape index (κ2) is 6.55. The molecule has 0 spiro atoms. The van der Waals surface area contributed by atoms with Gasteiger partial charge in [-0.05, 0) is 38.0 Å². The summed E-state index contributed by atoms with van der Waals surface area (Å²) in [5.74, 6) is 1.12. The Kier molecular flexibility index (Phi) is 5.04. The number of hydrogen-bond acceptors (Lipinski definition) is 2. The van der Waals surface area contributed by atoms with Crippen molar-refractivity contribution in [1.29, 1.82) is 0 Å². The van der Waals surface area contributed by atoms with Crippen LogP contribution in [0.15, 0.2) is 0 Å². The van der Waals surface area contributed by atoms with Gasteiger partial charge in [0.2, 0.25) is 5.91 Å². The zero-order chi connectivity index (χ0) is 13.0. The molecule has 1 N–H and O–H groups in total. The van der Waals surface area contributed by atoms with Crippen LogP contribution in [0.2, 0.25) is 0 Å². The van der Waals surface area contributed by atoms with Crippen LogP contribution in [0.5, 0.6) is 0 Å². The van der Waals surface area contributed by atoms with E-state index >= 15 is 0 Å². The van der Waals surface area contributed by atoms with Gasteiger partial charge in [-0.1, -0.05) is 26.7 Å². The fraction of sp³-hybridized carbons (Fsp3) is 0.933. The molecule has 0 bridgehead atoms. The van der Waals surface area contributed by atoms with E-state index in [0.29, 0.717) is 11.9 Å². The smallest absolute Gasteiger partial charge is 0.239 e. The lowest BCUT2D eigenvalue weighted by Gasteiger charge is -2.25. The number of rotatable bonds is 5. The van der Waals surface area contributed by atoms with Gasteiger partial charge in [0.05, 0.1) is 6.04 Å². The van der Waals surface area contributed by atoms with E-state index in [1.807, 2.05) is 0 Å². The van der Waals surface area contributed by atoms with Crippen LogP contribution in [-0.4, -0.2) is 36.0 Å². The lowest BCUT2D eigenvalue weighted by molar-refractivity contribution is -0.133. The molecule has 1 heterocycles. The van der Waals surface area contributed by atoms with Crippen LogP contribution >= 0.6 is 0 Å². The highest BCUT2D eigenvalue weighted by atomic mass is 16.2. The molecule has 0 aromatic rings. The van der Waals surface area contributed by atoms with Crippen molar-refractivity contribution in [2.75, 3.05) is 13.1 Å². The Bertz CT molecular complexity index is 260. The van der Waals surface area contributed by atoms with Crippen LogP contribution in [-0.2, 0) is 4.79 Å². The summed E-state index contributed by atoms with van der Waals surface area (Å²) in [6.45, 7) is 6.13. The summed E-state index contributed by atoms with van der Waals surface area (Å²) < 4.78 is 0. The van der Waals surface area contributed by atoms with E-state index in [0.717, 1.165) is 38.3 Å². The highest BCUT2D eigenvalue weighted by molar-refractivity contribution is 5.82. The summed E-state index contributed by atoms with van der Waals surface area (Å²) in [5, 5.41) is 3.60. The number of fused-ring (bicyclic) bond motifs is 1. The van der Waals surface area contributed by atoms with Crippen LogP contribution in [0.1, 0.15) is 58.8 Å². The van der Waals surface area contributed by atoms with Gasteiger partial charge >= 0.3 is 0 Å². The first-order valence-corrected chi connectivity index (χ1v) is 7.81. The Morgan fingerprint density at radius 2 is 1.83 bits per heavy atom. The number of nitrogens with zero attached hydrogens (tertiary/aromatic N) is 1. The molecule has 104 valence electrons. The van der Waals surface area contributed by atoms with E-state index < -0.39 is 0 Å². The number of carbonyl (C=O) groups excluding carboxylic acids is 1. The molecule has 0 aromatic heterocycles. The third kappa shape index (κ3) is 3.05. The molecule has 2 fully saturated rings. The second-order valence-corrected chi connectivity index (χ2v) is 5.93. The second-order valence-electron chi connectivity index (χ2n) is 5.93. The summed E-state index contributed by atoms with van der Waals surface area (Å²) in [4.78, 5) is 14.6. The summed E-state index contributed by atoms with van der Waals surface area (Å²) in [6.07, 6.45) is 8.49. The van der Waals surface area contributed by atoms with E-state index in [4.69, 9.17) is 0 Å². The molecule has 2 rings (SSSR count). The molecule has 0 radical (unpaired) electrons. The van der Waals surface area contributed by atoms with Crippen molar-refractivity contribution in [3.05, 3.63) is 0 Å². The monoisotopic (exact) mass is 252 g/mol. The maximum atomic E-state index is 12.5. The Hall–Kier alpha value is -0.570. The molecular formula is C15H28N2O. The van der Waals surface area contributed by atoms with Crippen molar-refractivity contribution < 1.29 is 4.79 Å². The maximum absolute atomic E-state index is 12.5. The standard InChI is InChI=1S/C15H28N2O/c1-3-9-17(10-4-2)15(18)14-11-12-7-5-6-8-13(12)16-14/h12-14,16H,3-11H2,1-2H3. The molecule has 3 atom stereocenters. The summed E-state index contributed by atoms with van der Waals surface area (Å²) >= 11 is 0. The van der Waals surface area contributed by atoms with Gasteiger partial charge in [-0.15, -0.1) is 0 Å². The minimum absolute atomic E-state index is 0.108. The molecule has 18 heavy (non-hydrogen) atoms. The van der Waals surface area contributed by atoms with Crippen molar-refractivity contribution >= 4 is 5.91 Å². The van der Waals surface area contributed by atoms with Gasteiger partial charge in [-0.3, -0.25) is 4.79 Å². The molecule has 1 aliphatic carbocycles. The first kappa shape index (κ1) is 13.9. The third-order valence-corrected chi connectivity index (χ3v) is 4.46. The SMILES string of the molecule is CCCN(CCC)C(=O)C1CC2CCCCC2N1. The van der Waals surface area contributed by atoms with Crippen LogP contribution in [0.3, 0.4) is 0 Å². The van der Waals surface area contributed by atoms with E-state index in [1.165, 1.54) is 25.7 Å². The molecule has 0 aromatic carbocycles. The predicted molar refractivity (Wildman–Crippen MR) is 74.4 cm³/mol. The van der Waals surface area contributed by atoms with E-state index in [2.05, 4.69) is 24.1 Å². The maximum Gasteiger partial charge on any atom is 0.239 e. The Labute approximate surface area is 111 Å². The third-order valence-electron chi connectivity index (χ3n) is 4.46. The normalized spacial score (nSPS) is 31.1. The predicted octanol–water partition coefficient (Wildman–Crippen LogP) is 2.56. The molecule has 1 saturated heterocycles. The lowest BCUT2D eigenvalue weighted by atomic mass is 9.85. The number of hydrogen-bond donors (Lipinski definition) is 1. The van der Waals surface area contributed by atoms with Crippen molar-refractivity contribution in [2.45, 2.75) is 70.9 Å². The first-order valence-electron chi connectivity index (χ1n) is 7.81. The van der Waals surface area contributed by atoms with Crippen molar-refractivity contribution in [2.24, 2.45) is 5.92 Å². The summed E-state index contributed by atoms with van der Waals surface area (Å²) in [7, 11) is 0. The number of nitrogens with one attached hydrogen (secondary N) is 1. The average Bonchev–Trinajstić information content (AvgIpc) is 2.81. The van der Waals surface area contributed by atoms with Gasteiger partial charge in [0.15, 0.2) is 0 Å². The highest BCUT2D eigenvalue weighted by Crippen LogP contribution is 2.33. The molecule has 2 aliphatic rings. The minimum Gasteiger partial charge on any atom is -0.341 e. The van der Waals surface area contributed by atoms with Gasteiger partial charge in [-0.2, -0.15) is 0 Å². The molecule has 1 aliphatic heterocycles. The highest BCUT2D eigenvalue weighted by Gasteiger charge is 2.39. The minimum atomic E-state index is 0.108. The van der Waals surface area contributed by atoms with E-state index in [1.54, 1.807) is 0 Å². The van der Waals surface area contributed by atoms with Gasteiger partial charge in [0.1, 0.15) is 0 Å². The van der Waals surface area contributed by atoms with Crippen molar-refractivity contribution in [3.63, 3.8) is 0 Å². The zero-order valence-corrected chi connectivity index (χ0v) is 12.0. The summed E-state index contributed by atoms with van der Waals surface area (Å²) in [6, 6.07) is 0.731. The zero-order valence-electron chi connectivity index (χ0n) is 12.0. The van der Waals surface area contributed by atoms with E-state index in [9.17, 15) is 4.79 Å². The largest absolute Gasteiger partial charge is 0.341 e. The van der Waals surface area contributed by atoms with Crippen molar-refractivity contribution in [1.82, 2.24) is 10.2 Å². The van der Waals surface area contributed by atoms with E-state index in [-0.39, 0.29) is 6.04 Å². The molecule has 1 amide bonds. The fourth-order valence-electron chi connectivity index (χ4n) is 3.60. The number of amides is 1. The topological polar surface area (TPSA) is 32.3 Å². The van der Waals surface area contributed by atoms with Gasteiger partial charge in [0, 0.05) is 19.1 Å². The average molecular weight is 252 g/mol. The first-order chi connectivity index (χ1) is 8.76. The molecule has 3 unspecified atom stereocenters. The van der Waals surface area contributed by atoms with Crippen LogP contribution in [0, 0.1) is 5.92 Å². The van der Waals surface area contributed by atoms with Crippen LogP contribution < -0.4 is 5.32 Å². The molecule has 3 nitrogen and oxygen atoms in total. The molecule has 1 saturated carbocycles. The van der Waals surface area contributed by atoms with Gasteiger partial charge < -0.3 is 10.2 Å². The van der Waals surface area contributed by atoms with Gasteiger partial charge in [0.25, 0.3) is 0 Å². The van der Waals surface area contributed by atoms with Crippen molar-refractivity contribution in [3.8, 4) is 0 Å². The summed E-state index contributed by atoms with van der Waals surface area (Å²) in [5.41, 5.74) is 0. The Morgan fingerprint density at radius 3 is 2.44 bits per heavy atom.